The summed E-state index contributed by atoms with van der Waals surface area (Å²) in [6.07, 6.45) is 0. The average Bonchev–Trinajstić information content (AvgIpc) is 2.43. The first-order valence-electron chi connectivity index (χ1n) is 5.88. The molecule has 3 N–H and O–H groups in total. The minimum Gasteiger partial charge on any atom is -0.484 e. The van der Waals surface area contributed by atoms with Crippen LogP contribution in [-0.2, 0) is 4.79 Å². The molecule has 2 aromatic carbocycles. The monoisotopic (exact) mass is 372 g/mol. The molecule has 0 unspecified atom stereocenters. The van der Waals surface area contributed by atoms with Crippen molar-refractivity contribution in [2.75, 3.05) is 17.7 Å². The molecule has 110 valence electrons. The maximum Gasteiger partial charge on any atom is 0.262 e. The van der Waals surface area contributed by atoms with Crippen LogP contribution >= 0.6 is 27.5 Å². The molecule has 0 aliphatic heterocycles. The standard InChI is InChI=1S/C14H11BrClFN2O2/c15-10-6-9(2-3-12(10)17)21-7-14(20)19-13-4-1-8(18)5-11(13)16/h1-6H,7,18H2,(H,19,20). The van der Waals surface area contributed by atoms with Crippen molar-refractivity contribution in [1.82, 2.24) is 0 Å². The van der Waals surface area contributed by atoms with E-state index in [4.69, 9.17) is 22.1 Å². The maximum atomic E-state index is 13.1. The number of anilines is 2. The van der Waals surface area contributed by atoms with Gasteiger partial charge in [-0.3, -0.25) is 4.79 Å². The first-order chi connectivity index (χ1) is 9.95. The number of hydrogen-bond donors (Lipinski definition) is 2. The van der Waals surface area contributed by atoms with Crippen LogP contribution in [0.15, 0.2) is 40.9 Å². The lowest BCUT2D eigenvalue weighted by Crippen LogP contribution is -2.20. The minimum atomic E-state index is -0.402. The number of carbonyl (C=O) groups excluding carboxylic acids is 1. The number of benzene rings is 2. The average molecular weight is 374 g/mol. The van der Waals surface area contributed by atoms with Crippen LogP contribution in [0.4, 0.5) is 15.8 Å². The van der Waals surface area contributed by atoms with Crippen LogP contribution in [0.25, 0.3) is 0 Å². The Bertz CT molecular complexity index is 682. The van der Waals surface area contributed by atoms with E-state index in [1.54, 1.807) is 12.1 Å². The van der Waals surface area contributed by atoms with Crippen LogP contribution in [0, 0.1) is 5.82 Å². The zero-order valence-electron chi connectivity index (χ0n) is 10.7. The zero-order chi connectivity index (χ0) is 15.4. The second-order valence-corrected chi connectivity index (χ2v) is 5.41. The molecule has 2 aromatic rings. The summed E-state index contributed by atoms with van der Waals surface area (Å²) in [5.74, 6) is -0.413. The van der Waals surface area contributed by atoms with E-state index in [1.807, 2.05) is 0 Å². The summed E-state index contributed by atoms with van der Waals surface area (Å²) in [7, 11) is 0. The highest BCUT2D eigenvalue weighted by atomic mass is 79.9. The molecule has 0 aromatic heterocycles. The second-order valence-electron chi connectivity index (χ2n) is 4.15. The maximum absolute atomic E-state index is 13.1. The Balaban J connectivity index is 1.94. The van der Waals surface area contributed by atoms with Gasteiger partial charge in [0.25, 0.3) is 5.91 Å². The molecule has 0 spiro atoms. The number of hydrogen-bond acceptors (Lipinski definition) is 3. The third kappa shape index (κ3) is 4.34. The number of carbonyl (C=O) groups is 1. The van der Waals surface area contributed by atoms with Crippen LogP contribution in [0.5, 0.6) is 5.75 Å². The Hall–Kier alpha value is -1.79. The van der Waals surface area contributed by atoms with Gasteiger partial charge in [-0.15, -0.1) is 0 Å². The number of amides is 1. The van der Waals surface area contributed by atoms with Gasteiger partial charge in [0.05, 0.1) is 15.2 Å². The number of nitrogen functional groups attached to an aromatic ring is 1. The Morgan fingerprint density at radius 3 is 2.76 bits per heavy atom. The van der Waals surface area contributed by atoms with Gasteiger partial charge in [0.2, 0.25) is 0 Å². The van der Waals surface area contributed by atoms with Gasteiger partial charge in [-0.2, -0.15) is 0 Å². The molecule has 0 saturated heterocycles. The van der Waals surface area contributed by atoms with Gasteiger partial charge in [-0.25, -0.2) is 4.39 Å². The van der Waals surface area contributed by atoms with E-state index in [9.17, 15) is 9.18 Å². The molecule has 0 fully saturated rings. The van der Waals surface area contributed by atoms with Crippen LogP contribution in [0.1, 0.15) is 0 Å². The van der Waals surface area contributed by atoms with Crippen molar-refractivity contribution in [3.63, 3.8) is 0 Å². The highest BCUT2D eigenvalue weighted by Crippen LogP contribution is 2.24. The second kappa shape index (κ2) is 6.78. The number of ether oxygens (including phenoxy) is 1. The van der Waals surface area contributed by atoms with E-state index in [0.29, 0.717) is 22.1 Å². The van der Waals surface area contributed by atoms with Gasteiger partial charge in [-0.1, -0.05) is 11.6 Å². The summed E-state index contributed by atoms with van der Waals surface area (Å²) in [6, 6.07) is 8.88. The van der Waals surface area contributed by atoms with E-state index in [0.717, 1.165) is 0 Å². The fourth-order valence-corrected chi connectivity index (χ4v) is 2.13. The summed E-state index contributed by atoms with van der Waals surface area (Å²) in [6.45, 7) is -0.223. The first kappa shape index (κ1) is 15.6. The highest BCUT2D eigenvalue weighted by Gasteiger charge is 2.08. The molecule has 0 radical (unpaired) electrons. The fraction of sp³-hybridized carbons (Fsp3) is 0.0714. The molecule has 0 saturated carbocycles. The zero-order valence-corrected chi connectivity index (χ0v) is 13.0. The lowest BCUT2D eigenvalue weighted by molar-refractivity contribution is -0.118. The molecular weight excluding hydrogens is 363 g/mol. The van der Waals surface area contributed by atoms with Crippen molar-refractivity contribution in [3.05, 3.63) is 51.7 Å². The number of nitrogens with one attached hydrogen (secondary N) is 1. The van der Waals surface area contributed by atoms with Crippen LogP contribution in [0.3, 0.4) is 0 Å². The molecule has 0 heterocycles. The molecule has 0 atom stereocenters. The van der Waals surface area contributed by atoms with E-state index < -0.39 is 5.82 Å². The smallest absolute Gasteiger partial charge is 0.262 e. The van der Waals surface area contributed by atoms with Gasteiger partial charge in [0, 0.05) is 5.69 Å². The summed E-state index contributed by atoms with van der Waals surface area (Å²) < 4.78 is 18.6. The summed E-state index contributed by atoms with van der Waals surface area (Å²) in [5, 5.41) is 2.94. The Morgan fingerprint density at radius 2 is 2.10 bits per heavy atom. The topological polar surface area (TPSA) is 64.3 Å². The van der Waals surface area contributed by atoms with Crippen LogP contribution < -0.4 is 15.8 Å². The van der Waals surface area contributed by atoms with E-state index in [2.05, 4.69) is 21.2 Å². The van der Waals surface area contributed by atoms with Gasteiger partial charge >= 0.3 is 0 Å². The Kier molecular flexibility index (Phi) is 5.03. The molecule has 0 bridgehead atoms. The molecule has 21 heavy (non-hydrogen) atoms. The summed E-state index contributed by atoms with van der Waals surface area (Å²) in [4.78, 5) is 11.8. The molecule has 2 rings (SSSR count). The normalized spacial score (nSPS) is 10.2. The van der Waals surface area contributed by atoms with Crippen molar-refractivity contribution in [2.45, 2.75) is 0 Å². The third-order valence-corrected chi connectivity index (χ3v) is 3.45. The quantitative estimate of drug-likeness (QED) is 0.800. The van der Waals surface area contributed by atoms with Crippen molar-refractivity contribution >= 4 is 44.8 Å². The van der Waals surface area contributed by atoms with Crippen molar-refractivity contribution in [1.29, 1.82) is 0 Å². The fourth-order valence-electron chi connectivity index (χ4n) is 1.53. The Morgan fingerprint density at radius 1 is 1.33 bits per heavy atom. The highest BCUT2D eigenvalue weighted by molar-refractivity contribution is 9.10. The van der Waals surface area contributed by atoms with E-state index in [-0.39, 0.29) is 17.0 Å². The van der Waals surface area contributed by atoms with E-state index in [1.165, 1.54) is 24.3 Å². The van der Waals surface area contributed by atoms with Gasteiger partial charge in [0.15, 0.2) is 6.61 Å². The minimum absolute atomic E-state index is 0.223. The van der Waals surface area contributed by atoms with Crippen molar-refractivity contribution in [2.24, 2.45) is 0 Å². The van der Waals surface area contributed by atoms with Crippen molar-refractivity contribution < 1.29 is 13.9 Å². The third-order valence-electron chi connectivity index (χ3n) is 2.53. The van der Waals surface area contributed by atoms with E-state index >= 15 is 0 Å². The van der Waals surface area contributed by atoms with Crippen LogP contribution in [-0.4, -0.2) is 12.5 Å². The molecule has 0 aliphatic carbocycles. The molecule has 4 nitrogen and oxygen atoms in total. The van der Waals surface area contributed by atoms with Crippen molar-refractivity contribution in [3.8, 4) is 5.75 Å². The number of rotatable bonds is 4. The lowest BCUT2D eigenvalue weighted by Gasteiger charge is -2.09. The molecular formula is C14H11BrClFN2O2. The first-order valence-corrected chi connectivity index (χ1v) is 7.05. The molecule has 7 heteroatoms. The summed E-state index contributed by atoms with van der Waals surface area (Å²) >= 11 is 8.98. The number of halogens is 3. The summed E-state index contributed by atoms with van der Waals surface area (Å²) in [5.41, 5.74) is 6.51. The number of nitrogens with two attached hydrogens (primary N) is 1. The molecule has 0 aliphatic rings. The van der Waals surface area contributed by atoms with Gasteiger partial charge in [-0.05, 0) is 52.3 Å². The predicted molar refractivity (Wildman–Crippen MR) is 84.1 cm³/mol. The molecule has 1 amide bonds. The Labute approximate surface area is 134 Å². The van der Waals surface area contributed by atoms with Gasteiger partial charge in [0.1, 0.15) is 11.6 Å². The van der Waals surface area contributed by atoms with Gasteiger partial charge < -0.3 is 15.8 Å². The SMILES string of the molecule is Nc1ccc(NC(=O)COc2ccc(F)c(Br)c2)c(Cl)c1. The lowest BCUT2D eigenvalue weighted by atomic mass is 10.3. The largest absolute Gasteiger partial charge is 0.484 e. The van der Waals surface area contributed by atoms with Crippen LogP contribution in [0.2, 0.25) is 5.02 Å². The predicted octanol–water partition coefficient (Wildman–Crippen LogP) is 3.84.